The summed E-state index contributed by atoms with van der Waals surface area (Å²) < 4.78 is 0. The summed E-state index contributed by atoms with van der Waals surface area (Å²) in [5, 5.41) is 4.65. The first-order chi connectivity index (χ1) is 13.1. The van der Waals surface area contributed by atoms with Crippen molar-refractivity contribution in [2.24, 2.45) is 0 Å². The first-order valence-corrected chi connectivity index (χ1v) is 9.74. The van der Waals surface area contributed by atoms with Crippen molar-refractivity contribution in [3.63, 3.8) is 0 Å². The first-order valence-electron chi connectivity index (χ1n) is 9.36. The fraction of sp³-hybridized carbons (Fsp3) is 0.318. The molecule has 2 N–H and O–H groups in total. The summed E-state index contributed by atoms with van der Waals surface area (Å²) in [6.45, 7) is 2.67. The van der Waals surface area contributed by atoms with Crippen LogP contribution in [0.25, 0.3) is 10.9 Å². The van der Waals surface area contributed by atoms with E-state index in [2.05, 4.69) is 46.5 Å². The van der Waals surface area contributed by atoms with Gasteiger partial charge in [0.2, 0.25) is 0 Å². The molecule has 2 aromatic carbocycles. The number of likely N-dealkylation sites (tertiary alicyclic amines) is 1. The fourth-order valence-electron chi connectivity index (χ4n) is 4.00. The van der Waals surface area contributed by atoms with E-state index in [1.165, 1.54) is 5.56 Å². The summed E-state index contributed by atoms with van der Waals surface area (Å²) in [5.41, 5.74) is 2.69. The van der Waals surface area contributed by atoms with Gasteiger partial charge in [-0.15, -0.1) is 0 Å². The van der Waals surface area contributed by atoms with E-state index in [-0.39, 0.29) is 11.3 Å². The lowest BCUT2D eigenvalue weighted by Crippen LogP contribution is -2.48. The van der Waals surface area contributed by atoms with Crippen LogP contribution in [0.15, 0.2) is 54.7 Å². The predicted molar refractivity (Wildman–Crippen MR) is 110 cm³/mol. The number of aromatic amines is 1. The molecule has 3 aromatic rings. The Balaban J connectivity index is 1.57. The number of piperidine rings is 1. The number of aromatic nitrogens is 1. The molecule has 1 aliphatic heterocycles. The van der Waals surface area contributed by atoms with E-state index < -0.39 is 0 Å². The van der Waals surface area contributed by atoms with Crippen LogP contribution in [-0.4, -0.2) is 42.5 Å². The molecular formula is C22H24ClN3O. The van der Waals surface area contributed by atoms with Crippen molar-refractivity contribution in [2.45, 2.75) is 18.3 Å². The molecule has 4 rings (SSSR count). The summed E-state index contributed by atoms with van der Waals surface area (Å²) in [4.78, 5) is 18.4. The average Bonchev–Trinajstić information content (AvgIpc) is 3.15. The third kappa shape index (κ3) is 3.60. The van der Waals surface area contributed by atoms with E-state index in [4.69, 9.17) is 11.6 Å². The zero-order chi connectivity index (χ0) is 18.9. The Kier molecular flexibility index (Phi) is 4.94. The van der Waals surface area contributed by atoms with Crippen molar-refractivity contribution in [3.05, 3.63) is 70.9 Å². The van der Waals surface area contributed by atoms with Crippen LogP contribution < -0.4 is 5.32 Å². The Morgan fingerprint density at radius 3 is 2.67 bits per heavy atom. The molecule has 2 heterocycles. The largest absolute Gasteiger partial charge is 0.361 e. The molecule has 5 heteroatoms. The highest BCUT2D eigenvalue weighted by Crippen LogP contribution is 2.35. The second-order valence-corrected chi connectivity index (χ2v) is 7.94. The topological polar surface area (TPSA) is 48.1 Å². The second-order valence-electron chi connectivity index (χ2n) is 7.53. The molecule has 0 spiro atoms. The number of amides is 1. The summed E-state index contributed by atoms with van der Waals surface area (Å²) in [6.07, 6.45) is 3.90. The predicted octanol–water partition coefficient (Wildman–Crippen LogP) is 4.21. The standard InChI is InChI=1S/C22H24ClN3O/c1-26-11-8-22(9-12-26,17-5-3-2-4-6-17)15-25-21(27)18-14-20-16(7-10-24-20)13-19(18)23/h2-7,10,13-14,24H,8-9,11-12,15H2,1H3,(H,25,27). The third-order valence-corrected chi connectivity index (χ3v) is 6.12. The minimum atomic E-state index is -0.120. The van der Waals surface area contributed by atoms with Crippen LogP contribution in [0.5, 0.6) is 0 Å². The molecule has 0 saturated carbocycles. The van der Waals surface area contributed by atoms with Crippen molar-refractivity contribution >= 4 is 28.4 Å². The molecule has 1 saturated heterocycles. The third-order valence-electron chi connectivity index (χ3n) is 5.80. The number of nitrogens with one attached hydrogen (secondary N) is 2. The Labute approximate surface area is 164 Å². The Morgan fingerprint density at radius 2 is 1.93 bits per heavy atom. The molecule has 1 fully saturated rings. The number of hydrogen-bond donors (Lipinski definition) is 2. The molecule has 140 valence electrons. The van der Waals surface area contributed by atoms with Crippen molar-refractivity contribution in [1.82, 2.24) is 15.2 Å². The lowest BCUT2D eigenvalue weighted by atomic mass is 9.72. The molecular weight excluding hydrogens is 358 g/mol. The summed E-state index contributed by atoms with van der Waals surface area (Å²) in [7, 11) is 2.15. The Morgan fingerprint density at radius 1 is 1.19 bits per heavy atom. The Hall–Kier alpha value is -2.30. The average molecular weight is 382 g/mol. The number of nitrogens with zero attached hydrogens (tertiary/aromatic N) is 1. The van der Waals surface area contributed by atoms with E-state index >= 15 is 0 Å². The zero-order valence-corrected chi connectivity index (χ0v) is 16.2. The molecule has 0 unspecified atom stereocenters. The van der Waals surface area contributed by atoms with Crippen molar-refractivity contribution in [3.8, 4) is 0 Å². The van der Waals surface area contributed by atoms with Gasteiger partial charge >= 0.3 is 0 Å². The van der Waals surface area contributed by atoms with E-state index in [1.807, 2.05) is 30.5 Å². The maximum Gasteiger partial charge on any atom is 0.252 e. The van der Waals surface area contributed by atoms with Crippen LogP contribution in [-0.2, 0) is 5.41 Å². The first kappa shape index (κ1) is 18.1. The summed E-state index contributed by atoms with van der Waals surface area (Å²) in [5.74, 6) is -0.120. The van der Waals surface area contributed by atoms with Crippen molar-refractivity contribution in [2.75, 3.05) is 26.7 Å². The molecule has 0 atom stereocenters. The van der Waals surface area contributed by atoms with Crippen molar-refractivity contribution < 1.29 is 4.79 Å². The van der Waals surface area contributed by atoms with E-state index in [9.17, 15) is 4.79 Å². The van der Waals surface area contributed by atoms with Gasteiger partial charge in [0.1, 0.15) is 0 Å². The number of carbonyl (C=O) groups excluding carboxylic acids is 1. The molecule has 4 nitrogen and oxygen atoms in total. The minimum absolute atomic E-state index is 0.0353. The van der Waals surface area contributed by atoms with Gasteiger partial charge in [-0.25, -0.2) is 0 Å². The maximum atomic E-state index is 12.9. The molecule has 1 amide bonds. The molecule has 0 aliphatic carbocycles. The van der Waals surface area contributed by atoms with Crippen molar-refractivity contribution in [1.29, 1.82) is 0 Å². The number of benzene rings is 2. The van der Waals surface area contributed by atoms with Gasteiger partial charge in [-0.05, 0) is 56.7 Å². The highest BCUT2D eigenvalue weighted by molar-refractivity contribution is 6.34. The summed E-state index contributed by atoms with van der Waals surface area (Å²) >= 11 is 6.37. The quantitative estimate of drug-likeness (QED) is 0.711. The molecule has 0 radical (unpaired) electrons. The number of rotatable bonds is 4. The van der Waals surface area contributed by atoms with E-state index in [1.54, 1.807) is 0 Å². The van der Waals surface area contributed by atoms with Crippen LogP contribution in [0.2, 0.25) is 5.02 Å². The van der Waals surface area contributed by atoms with Gasteiger partial charge in [0, 0.05) is 29.1 Å². The maximum absolute atomic E-state index is 12.9. The lowest BCUT2D eigenvalue weighted by Gasteiger charge is -2.41. The SMILES string of the molecule is CN1CCC(CNC(=O)c2cc3[nH]ccc3cc2Cl)(c2ccccc2)CC1. The number of fused-ring (bicyclic) bond motifs is 1. The lowest BCUT2D eigenvalue weighted by molar-refractivity contribution is 0.0928. The van der Waals surface area contributed by atoms with Gasteiger partial charge in [0.15, 0.2) is 0 Å². The van der Waals surface area contributed by atoms with Crippen LogP contribution >= 0.6 is 11.6 Å². The summed E-state index contributed by atoms with van der Waals surface area (Å²) in [6, 6.07) is 16.2. The number of H-pyrrole nitrogens is 1. The van der Waals surface area contributed by atoms with Gasteiger partial charge in [-0.3, -0.25) is 4.79 Å². The number of halogens is 1. The fourth-order valence-corrected chi connectivity index (χ4v) is 4.26. The normalized spacial score (nSPS) is 17.1. The number of carbonyl (C=O) groups is 1. The zero-order valence-electron chi connectivity index (χ0n) is 15.5. The molecule has 0 bridgehead atoms. The molecule has 1 aromatic heterocycles. The highest BCUT2D eigenvalue weighted by atomic mass is 35.5. The number of hydrogen-bond acceptors (Lipinski definition) is 2. The monoisotopic (exact) mass is 381 g/mol. The second kappa shape index (κ2) is 7.37. The Bertz CT molecular complexity index is 943. The van der Waals surface area contributed by atoms with Gasteiger partial charge in [-0.2, -0.15) is 0 Å². The van der Waals surface area contributed by atoms with Crippen LogP contribution in [0.4, 0.5) is 0 Å². The van der Waals surface area contributed by atoms with Gasteiger partial charge in [-0.1, -0.05) is 41.9 Å². The minimum Gasteiger partial charge on any atom is -0.361 e. The van der Waals surface area contributed by atoms with E-state index in [0.717, 1.165) is 36.8 Å². The highest BCUT2D eigenvalue weighted by Gasteiger charge is 2.35. The van der Waals surface area contributed by atoms with E-state index in [0.29, 0.717) is 17.1 Å². The van der Waals surface area contributed by atoms with Gasteiger partial charge in [0.05, 0.1) is 10.6 Å². The van der Waals surface area contributed by atoms with Gasteiger partial charge in [0.25, 0.3) is 5.91 Å². The molecule has 1 aliphatic rings. The molecule has 27 heavy (non-hydrogen) atoms. The van der Waals surface area contributed by atoms with Gasteiger partial charge < -0.3 is 15.2 Å². The van der Waals surface area contributed by atoms with Crippen LogP contribution in [0.1, 0.15) is 28.8 Å². The van der Waals surface area contributed by atoms with Crippen LogP contribution in [0, 0.1) is 0 Å². The smallest absolute Gasteiger partial charge is 0.252 e. The van der Waals surface area contributed by atoms with Crippen LogP contribution in [0.3, 0.4) is 0 Å².